The first-order valence-corrected chi connectivity index (χ1v) is 6.57. The first-order chi connectivity index (χ1) is 6.84. The van der Waals surface area contributed by atoms with Crippen molar-refractivity contribution in [2.75, 3.05) is 13.2 Å². The van der Waals surface area contributed by atoms with Crippen molar-refractivity contribution in [3.05, 3.63) is 20.8 Å². The Hall–Kier alpha value is 0.1000. The molecule has 1 fully saturated rings. The first-order valence-electron chi connectivity index (χ1n) is 4.90. The number of rotatable bonds is 4. The van der Waals surface area contributed by atoms with Crippen LogP contribution in [0.15, 0.2) is 15.9 Å². The average molecular weight is 276 g/mol. The molecule has 2 heterocycles. The highest BCUT2D eigenvalue weighted by Gasteiger charge is 2.14. The number of halogens is 1. The van der Waals surface area contributed by atoms with Crippen LogP contribution >= 0.6 is 27.3 Å². The zero-order valence-electron chi connectivity index (χ0n) is 7.96. The number of nitrogens with one attached hydrogen (secondary N) is 1. The maximum atomic E-state index is 5.53. The monoisotopic (exact) mass is 275 g/mol. The lowest BCUT2D eigenvalue weighted by molar-refractivity contribution is 0.110. The van der Waals surface area contributed by atoms with Crippen LogP contribution in [-0.2, 0) is 11.3 Å². The van der Waals surface area contributed by atoms with Gasteiger partial charge in [-0.05, 0) is 34.8 Å². The molecule has 0 aromatic carbocycles. The number of thiophene rings is 1. The molecular formula is C10H14BrNOS. The van der Waals surface area contributed by atoms with Gasteiger partial charge < -0.3 is 10.1 Å². The third kappa shape index (κ3) is 3.05. The summed E-state index contributed by atoms with van der Waals surface area (Å²) in [4.78, 5) is 1.37. The summed E-state index contributed by atoms with van der Waals surface area (Å²) >= 11 is 5.23. The fourth-order valence-corrected chi connectivity index (χ4v) is 3.03. The van der Waals surface area contributed by atoms with E-state index in [4.69, 9.17) is 4.74 Å². The van der Waals surface area contributed by atoms with Gasteiger partial charge in [0.25, 0.3) is 0 Å². The van der Waals surface area contributed by atoms with E-state index in [1.807, 2.05) is 0 Å². The molecule has 1 aromatic heterocycles. The van der Waals surface area contributed by atoms with Gasteiger partial charge in [-0.2, -0.15) is 0 Å². The highest BCUT2D eigenvalue weighted by Crippen LogP contribution is 2.19. The van der Waals surface area contributed by atoms with Gasteiger partial charge in [-0.3, -0.25) is 0 Å². The van der Waals surface area contributed by atoms with Gasteiger partial charge >= 0.3 is 0 Å². The molecule has 4 heteroatoms. The smallest absolute Gasteiger partial charge is 0.0700 e. The number of ether oxygens (including phenoxy) is 1. The van der Waals surface area contributed by atoms with Crippen molar-refractivity contribution in [2.24, 2.45) is 0 Å². The molecule has 1 aromatic rings. The Balaban J connectivity index is 1.67. The first kappa shape index (κ1) is 10.6. The van der Waals surface area contributed by atoms with E-state index in [0.29, 0.717) is 6.10 Å². The van der Waals surface area contributed by atoms with Crippen LogP contribution in [0.4, 0.5) is 0 Å². The van der Waals surface area contributed by atoms with Crippen molar-refractivity contribution in [3.63, 3.8) is 0 Å². The van der Waals surface area contributed by atoms with E-state index < -0.39 is 0 Å². The Morgan fingerprint density at radius 1 is 1.64 bits per heavy atom. The molecule has 0 aliphatic carbocycles. The molecule has 2 nitrogen and oxygen atoms in total. The fourth-order valence-electron chi connectivity index (χ4n) is 1.61. The third-order valence-corrected chi connectivity index (χ3v) is 4.01. The summed E-state index contributed by atoms with van der Waals surface area (Å²) < 4.78 is 6.70. The van der Waals surface area contributed by atoms with Crippen LogP contribution in [0, 0.1) is 0 Å². The topological polar surface area (TPSA) is 21.3 Å². The molecule has 0 saturated carbocycles. The Morgan fingerprint density at radius 2 is 2.57 bits per heavy atom. The summed E-state index contributed by atoms with van der Waals surface area (Å²) in [6.07, 6.45) is 2.87. The van der Waals surface area contributed by atoms with Gasteiger partial charge in [-0.1, -0.05) is 0 Å². The van der Waals surface area contributed by atoms with Gasteiger partial charge in [0.2, 0.25) is 0 Å². The maximum absolute atomic E-state index is 5.53. The van der Waals surface area contributed by atoms with Gasteiger partial charge in [0, 0.05) is 34.4 Å². The summed E-state index contributed by atoms with van der Waals surface area (Å²) in [7, 11) is 0. The van der Waals surface area contributed by atoms with Crippen LogP contribution in [-0.4, -0.2) is 19.3 Å². The van der Waals surface area contributed by atoms with E-state index in [2.05, 4.69) is 32.7 Å². The molecule has 1 atom stereocenters. The predicted molar refractivity (Wildman–Crippen MR) is 62.7 cm³/mol. The molecule has 0 radical (unpaired) electrons. The van der Waals surface area contributed by atoms with Crippen molar-refractivity contribution in [1.82, 2.24) is 5.32 Å². The Morgan fingerprint density at radius 3 is 3.21 bits per heavy atom. The van der Waals surface area contributed by atoms with Crippen molar-refractivity contribution in [2.45, 2.75) is 25.5 Å². The van der Waals surface area contributed by atoms with Gasteiger partial charge in [0.15, 0.2) is 0 Å². The lowest BCUT2D eigenvalue weighted by atomic mass is 10.2. The van der Waals surface area contributed by atoms with Crippen molar-refractivity contribution >= 4 is 27.3 Å². The van der Waals surface area contributed by atoms with Crippen LogP contribution in [0.3, 0.4) is 0 Å². The SMILES string of the molecule is Brc1csc(CNCC2CCCO2)c1. The van der Waals surface area contributed by atoms with Crippen molar-refractivity contribution in [3.8, 4) is 0 Å². The molecule has 0 amide bonds. The molecule has 0 spiro atoms. The van der Waals surface area contributed by atoms with Crippen molar-refractivity contribution in [1.29, 1.82) is 0 Å². The van der Waals surface area contributed by atoms with Gasteiger partial charge in [-0.25, -0.2) is 0 Å². The molecule has 78 valence electrons. The van der Waals surface area contributed by atoms with Gasteiger partial charge in [-0.15, -0.1) is 11.3 Å². The van der Waals surface area contributed by atoms with E-state index in [1.54, 1.807) is 11.3 Å². The second kappa shape index (κ2) is 5.26. The second-order valence-corrected chi connectivity index (χ2v) is 5.41. The van der Waals surface area contributed by atoms with E-state index >= 15 is 0 Å². The average Bonchev–Trinajstić information content (AvgIpc) is 2.77. The normalized spacial score (nSPS) is 21.6. The van der Waals surface area contributed by atoms with Gasteiger partial charge in [0.05, 0.1) is 6.10 Å². The standard InChI is InChI=1S/C10H14BrNOS/c11-8-4-10(14-7-8)6-12-5-9-2-1-3-13-9/h4,7,9,12H,1-3,5-6H2. The lowest BCUT2D eigenvalue weighted by Crippen LogP contribution is -2.25. The van der Waals surface area contributed by atoms with E-state index in [1.165, 1.54) is 22.2 Å². The highest BCUT2D eigenvalue weighted by molar-refractivity contribution is 9.10. The van der Waals surface area contributed by atoms with Crippen molar-refractivity contribution < 1.29 is 4.74 Å². The largest absolute Gasteiger partial charge is 0.377 e. The summed E-state index contributed by atoms with van der Waals surface area (Å²) in [5.74, 6) is 0. The molecule has 1 aliphatic heterocycles. The molecule has 1 unspecified atom stereocenters. The molecule has 2 rings (SSSR count). The van der Waals surface area contributed by atoms with Crippen LogP contribution in [0.5, 0.6) is 0 Å². The van der Waals surface area contributed by atoms with Crippen LogP contribution in [0.25, 0.3) is 0 Å². The van der Waals surface area contributed by atoms with E-state index in [9.17, 15) is 0 Å². The maximum Gasteiger partial charge on any atom is 0.0700 e. The molecule has 0 bridgehead atoms. The Labute approximate surface area is 96.8 Å². The summed E-state index contributed by atoms with van der Waals surface area (Å²) in [6, 6.07) is 2.16. The predicted octanol–water partition coefficient (Wildman–Crippen LogP) is 2.78. The zero-order chi connectivity index (χ0) is 9.80. The fraction of sp³-hybridized carbons (Fsp3) is 0.600. The molecule has 1 aliphatic rings. The van der Waals surface area contributed by atoms with E-state index in [0.717, 1.165) is 19.7 Å². The Bertz CT molecular complexity index is 283. The minimum Gasteiger partial charge on any atom is -0.377 e. The summed E-state index contributed by atoms with van der Waals surface area (Å²) in [5, 5.41) is 5.54. The number of hydrogen-bond donors (Lipinski definition) is 1. The van der Waals surface area contributed by atoms with Crippen LogP contribution < -0.4 is 5.32 Å². The Kier molecular flexibility index (Phi) is 3.99. The summed E-state index contributed by atoms with van der Waals surface area (Å²) in [6.45, 7) is 2.88. The molecule has 1 saturated heterocycles. The molecule has 1 N–H and O–H groups in total. The summed E-state index contributed by atoms with van der Waals surface area (Å²) in [5.41, 5.74) is 0. The van der Waals surface area contributed by atoms with E-state index in [-0.39, 0.29) is 0 Å². The number of hydrogen-bond acceptors (Lipinski definition) is 3. The minimum absolute atomic E-state index is 0.443. The van der Waals surface area contributed by atoms with Crippen LogP contribution in [0.1, 0.15) is 17.7 Å². The van der Waals surface area contributed by atoms with Crippen LogP contribution in [0.2, 0.25) is 0 Å². The zero-order valence-corrected chi connectivity index (χ0v) is 10.4. The van der Waals surface area contributed by atoms with Gasteiger partial charge in [0.1, 0.15) is 0 Å². The third-order valence-electron chi connectivity index (χ3n) is 2.32. The highest BCUT2D eigenvalue weighted by atomic mass is 79.9. The quantitative estimate of drug-likeness (QED) is 0.913. The lowest BCUT2D eigenvalue weighted by Gasteiger charge is -2.09. The minimum atomic E-state index is 0.443. The molecule has 14 heavy (non-hydrogen) atoms. The molecular weight excluding hydrogens is 262 g/mol. The second-order valence-electron chi connectivity index (χ2n) is 3.50.